The van der Waals surface area contributed by atoms with Gasteiger partial charge in [0.1, 0.15) is 12.4 Å². The summed E-state index contributed by atoms with van der Waals surface area (Å²) < 4.78 is 8.40. The molecule has 0 aliphatic rings. The van der Waals surface area contributed by atoms with Crippen LogP contribution in [0.3, 0.4) is 0 Å². The summed E-state index contributed by atoms with van der Waals surface area (Å²) in [5.41, 5.74) is 3.46. The van der Waals surface area contributed by atoms with Crippen molar-refractivity contribution in [3.63, 3.8) is 0 Å². The van der Waals surface area contributed by atoms with E-state index in [1.54, 1.807) is 22.9 Å². The average Bonchev–Trinajstić information content (AvgIpc) is 2.99. The highest BCUT2D eigenvalue weighted by Crippen LogP contribution is 2.28. The van der Waals surface area contributed by atoms with E-state index in [0.717, 1.165) is 21.3 Å². The number of ether oxygens (including phenoxy) is 1. The maximum Gasteiger partial charge on any atom is 0.251 e. The van der Waals surface area contributed by atoms with E-state index in [0.29, 0.717) is 22.9 Å². The molecule has 0 bridgehead atoms. The number of aryl methyl sites for hydroxylation is 2. The van der Waals surface area contributed by atoms with Gasteiger partial charge >= 0.3 is 0 Å². The molecule has 0 aliphatic heterocycles. The number of hydrogen-bond acceptors (Lipinski definition) is 3. The molecule has 2 aromatic carbocycles. The van der Waals surface area contributed by atoms with Gasteiger partial charge in [-0.1, -0.05) is 39.7 Å². The van der Waals surface area contributed by atoms with E-state index in [1.165, 1.54) is 0 Å². The smallest absolute Gasteiger partial charge is 0.251 e. The van der Waals surface area contributed by atoms with Gasteiger partial charge in [0, 0.05) is 28.8 Å². The van der Waals surface area contributed by atoms with Crippen molar-refractivity contribution in [3.05, 3.63) is 80.5 Å². The van der Waals surface area contributed by atoms with Gasteiger partial charge in [-0.15, -0.1) is 0 Å². The number of hydrogen-bond donors (Lipinski definition) is 1. The Morgan fingerprint density at radius 3 is 2.61 bits per heavy atom. The molecule has 0 saturated carbocycles. The van der Waals surface area contributed by atoms with Gasteiger partial charge in [0.2, 0.25) is 0 Å². The second-order valence-electron chi connectivity index (χ2n) is 6.60. The first kappa shape index (κ1) is 20.4. The molecule has 0 radical (unpaired) electrons. The predicted octanol–water partition coefficient (Wildman–Crippen LogP) is 5.21. The zero-order valence-corrected chi connectivity index (χ0v) is 18.2. The van der Waals surface area contributed by atoms with Crippen molar-refractivity contribution in [2.24, 2.45) is 7.05 Å². The summed E-state index contributed by atoms with van der Waals surface area (Å²) in [6.45, 7) is 4.26. The Morgan fingerprint density at radius 1 is 1.29 bits per heavy atom. The molecule has 0 aliphatic carbocycles. The Hall–Kier alpha value is -2.31. The zero-order chi connectivity index (χ0) is 20.3. The second kappa shape index (κ2) is 8.80. The Labute approximate surface area is 177 Å². The molecule has 1 atom stereocenters. The van der Waals surface area contributed by atoms with Gasteiger partial charge in [0.15, 0.2) is 0 Å². The molecule has 7 heteroatoms. The number of aromatic nitrogens is 2. The molecular weight excluding hydrogens is 442 g/mol. The molecule has 1 unspecified atom stereocenters. The van der Waals surface area contributed by atoms with E-state index in [-0.39, 0.29) is 11.9 Å². The number of rotatable bonds is 6. The van der Waals surface area contributed by atoms with Crippen LogP contribution in [0.2, 0.25) is 5.02 Å². The molecule has 0 spiro atoms. The summed E-state index contributed by atoms with van der Waals surface area (Å²) in [4.78, 5) is 12.5. The van der Waals surface area contributed by atoms with Crippen molar-refractivity contribution in [1.29, 1.82) is 0 Å². The molecule has 146 valence electrons. The lowest BCUT2D eigenvalue weighted by Gasteiger charge is -2.14. The van der Waals surface area contributed by atoms with Crippen molar-refractivity contribution in [3.8, 4) is 5.75 Å². The van der Waals surface area contributed by atoms with Gasteiger partial charge < -0.3 is 10.1 Å². The second-order valence-corrected chi connectivity index (χ2v) is 7.92. The molecule has 1 aromatic heterocycles. The van der Waals surface area contributed by atoms with E-state index < -0.39 is 0 Å². The molecule has 0 saturated heterocycles. The molecule has 0 fully saturated rings. The predicted molar refractivity (Wildman–Crippen MR) is 114 cm³/mol. The number of nitrogens with zero attached hydrogens (tertiary/aromatic N) is 2. The fourth-order valence-electron chi connectivity index (χ4n) is 2.91. The topological polar surface area (TPSA) is 56.2 Å². The van der Waals surface area contributed by atoms with Gasteiger partial charge in [0.05, 0.1) is 16.8 Å². The molecule has 5 nitrogen and oxygen atoms in total. The van der Waals surface area contributed by atoms with E-state index in [1.807, 2.05) is 51.4 Å². The highest BCUT2D eigenvalue weighted by Gasteiger charge is 2.15. The van der Waals surface area contributed by atoms with Crippen molar-refractivity contribution < 1.29 is 9.53 Å². The van der Waals surface area contributed by atoms with Crippen LogP contribution in [0.25, 0.3) is 0 Å². The van der Waals surface area contributed by atoms with Gasteiger partial charge in [-0.2, -0.15) is 5.10 Å². The lowest BCUT2D eigenvalue weighted by molar-refractivity contribution is 0.0939. The lowest BCUT2D eigenvalue weighted by Crippen LogP contribution is -2.26. The van der Waals surface area contributed by atoms with E-state index in [2.05, 4.69) is 26.3 Å². The molecule has 1 heterocycles. The first-order valence-electron chi connectivity index (χ1n) is 8.81. The molecule has 1 amide bonds. The quantitative estimate of drug-likeness (QED) is 0.547. The lowest BCUT2D eigenvalue weighted by atomic mass is 10.1. The van der Waals surface area contributed by atoms with Crippen LogP contribution in [-0.2, 0) is 13.7 Å². The summed E-state index contributed by atoms with van der Waals surface area (Å²) in [5, 5.41) is 7.88. The SMILES string of the molecule is Cc1nn(C)cc1C(C)NC(=O)c1ccc(COc2ccc(Br)cc2Cl)cc1. The Bertz CT molecular complexity index is 986. The molecule has 3 aromatic rings. The first-order chi connectivity index (χ1) is 13.3. The van der Waals surface area contributed by atoms with Crippen LogP contribution >= 0.6 is 27.5 Å². The van der Waals surface area contributed by atoms with Gasteiger partial charge in [0.25, 0.3) is 5.91 Å². The summed E-state index contributed by atoms with van der Waals surface area (Å²) in [6.07, 6.45) is 1.92. The Balaban J connectivity index is 1.60. The third kappa shape index (κ3) is 4.94. The van der Waals surface area contributed by atoms with Gasteiger partial charge in [-0.25, -0.2) is 0 Å². The van der Waals surface area contributed by atoms with Crippen molar-refractivity contribution in [2.45, 2.75) is 26.5 Å². The van der Waals surface area contributed by atoms with Crippen LogP contribution in [0.4, 0.5) is 0 Å². The fourth-order valence-corrected chi connectivity index (χ4v) is 3.63. The fraction of sp³-hybridized carbons (Fsp3) is 0.238. The van der Waals surface area contributed by atoms with E-state index in [4.69, 9.17) is 16.3 Å². The maximum absolute atomic E-state index is 12.5. The van der Waals surface area contributed by atoms with Crippen LogP contribution in [0, 0.1) is 6.92 Å². The normalized spacial score (nSPS) is 11.9. The van der Waals surface area contributed by atoms with Crippen LogP contribution in [-0.4, -0.2) is 15.7 Å². The van der Waals surface area contributed by atoms with Crippen LogP contribution < -0.4 is 10.1 Å². The summed E-state index contributed by atoms with van der Waals surface area (Å²) in [5.74, 6) is 0.492. The zero-order valence-electron chi connectivity index (χ0n) is 15.9. The monoisotopic (exact) mass is 461 g/mol. The third-order valence-corrected chi connectivity index (χ3v) is 5.16. The summed E-state index contributed by atoms with van der Waals surface area (Å²) >= 11 is 9.53. The Morgan fingerprint density at radius 2 is 2.00 bits per heavy atom. The number of carbonyl (C=O) groups excluding carboxylic acids is 1. The minimum Gasteiger partial charge on any atom is -0.487 e. The van der Waals surface area contributed by atoms with E-state index in [9.17, 15) is 4.79 Å². The largest absolute Gasteiger partial charge is 0.487 e. The van der Waals surface area contributed by atoms with Crippen LogP contribution in [0.1, 0.15) is 40.1 Å². The maximum atomic E-state index is 12.5. The summed E-state index contributed by atoms with van der Waals surface area (Å²) in [7, 11) is 1.87. The van der Waals surface area contributed by atoms with Gasteiger partial charge in [-0.05, 0) is 49.7 Å². The van der Waals surface area contributed by atoms with Crippen molar-refractivity contribution in [2.75, 3.05) is 0 Å². The number of halogens is 2. The molecule has 1 N–H and O–H groups in total. The molecule has 3 rings (SSSR count). The number of amides is 1. The minimum atomic E-state index is -0.126. The number of benzene rings is 2. The third-order valence-electron chi connectivity index (χ3n) is 4.37. The summed E-state index contributed by atoms with van der Waals surface area (Å²) in [6, 6.07) is 12.7. The van der Waals surface area contributed by atoms with Crippen LogP contribution in [0.15, 0.2) is 53.1 Å². The van der Waals surface area contributed by atoms with Gasteiger partial charge in [-0.3, -0.25) is 9.48 Å². The number of carbonyl (C=O) groups is 1. The van der Waals surface area contributed by atoms with Crippen molar-refractivity contribution in [1.82, 2.24) is 15.1 Å². The Kier molecular flexibility index (Phi) is 6.42. The average molecular weight is 463 g/mol. The highest BCUT2D eigenvalue weighted by molar-refractivity contribution is 9.10. The molecular formula is C21H21BrClN3O2. The highest BCUT2D eigenvalue weighted by atomic mass is 79.9. The van der Waals surface area contributed by atoms with E-state index >= 15 is 0 Å². The number of nitrogens with one attached hydrogen (secondary N) is 1. The van der Waals surface area contributed by atoms with Crippen LogP contribution in [0.5, 0.6) is 5.75 Å². The minimum absolute atomic E-state index is 0.122. The molecule has 28 heavy (non-hydrogen) atoms. The van der Waals surface area contributed by atoms with Crippen molar-refractivity contribution >= 4 is 33.4 Å². The standard InChI is InChI=1S/C21H21BrClN3O2/c1-13(18-11-26(3)25-14(18)2)24-21(27)16-6-4-15(5-7-16)12-28-20-9-8-17(22)10-19(20)23/h4-11,13H,12H2,1-3H3,(H,24,27). The first-order valence-corrected chi connectivity index (χ1v) is 9.98.